The second-order valence-electron chi connectivity index (χ2n) is 4.30. The van der Waals surface area contributed by atoms with Crippen LogP contribution in [0.2, 0.25) is 0 Å². The maximum absolute atomic E-state index is 12.1. The van der Waals surface area contributed by atoms with Crippen LogP contribution in [-0.2, 0) is 0 Å². The molecule has 0 aliphatic rings. The fourth-order valence-electron chi connectivity index (χ4n) is 2.00. The van der Waals surface area contributed by atoms with E-state index in [1.54, 1.807) is 0 Å². The molecule has 0 aliphatic carbocycles. The molecule has 0 aliphatic heterocycles. The van der Waals surface area contributed by atoms with Crippen LogP contribution < -0.4 is 5.43 Å². The number of hydrogen-bond acceptors (Lipinski definition) is 1. The van der Waals surface area contributed by atoms with Crippen LogP contribution in [0.15, 0.2) is 72.8 Å². The number of nitrogens with zero attached hydrogens (tertiary/aromatic N) is 1. The summed E-state index contributed by atoms with van der Waals surface area (Å²) in [5, 5.41) is 2.18. The summed E-state index contributed by atoms with van der Waals surface area (Å²) in [5.74, 6) is 0. The average Bonchev–Trinajstić information content (AvgIpc) is 2.48. The van der Waals surface area contributed by atoms with Crippen molar-refractivity contribution in [2.24, 2.45) is 0 Å². The first-order chi connectivity index (χ1) is 9.33. The lowest BCUT2D eigenvalue weighted by atomic mass is 10.1. The van der Waals surface area contributed by atoms with E-state index in [1.807, 2.05) is 72.8 Å². The average molecular weight is 249 g/mol. The molecule has 0 amide bonds. The fraction of sp³-hybridized carbons (Fsp3) is 0. The van der Waals surface area contributed by atoms with Crippen LogP contribution in [-0.4, -0.2) is 4.87 Å². The van der Waals surface area contributed by atoms with Gasteiger partial charge in [-0.15, -0.1) is 5.43 Å². The Morgan fingerprint density at radius 2 is 1.42 bits per heavy atom. The monoisotopic (exact) mass is 249 g/mol. The molecule has 0 spiro atoms. The molecular formula is C16H13N2O+. The van der Waals surface area contributed by atoms with E-state index in [4.69, 9.17) is 0 Å². The summed E-state index contributed by atoms with van der Waals surface area (Å²) in [6.07, 6.45) is 0. The Bertz CT molecular complexity index is 723. The van der Waals surface area contributed by atoms with Crippen molar-refractivity contribution in [2.45, 2.75) is 0 Å². The smallest absolute Gasteiger partial charge is 0.114 e. The molecule has 0 heterocycles. The number of rotatable bonds is 3. The van der Waals surface area contributed by atoms with E-state index in [9.17, 15) is 4.91 Å². The van der Waals surface area contributed by atoms with E-state index in [-0.39, 0.29) is 0 Å². The van der Waals surface area contributed by atoms with Crippen molar-refractivity contribution < 1.29 is 4.87 Å². The predicted octanol–water partition coefficient (Wildman–Crippen LogP) is 4.28. The molecule has 0 radical (unpaired) electrons. The number of hydrazine groups is 1. The lowest BCUT2D eigenvalue weighted by Gasteiger charge is -1.99. The van der Waals surface area contributed by atoms with E-state index < -0.39 is 0 Å². The van der Waals surface area contributed by atoms with Crippen molar-refractivity contribution in [3.8, 4) is 0 Å². The maximum atomic E-state index is 12.1. The highest BCUT2D eigenvalue weighted by molar-refractivity contribution is 5.84. The Kier molecular flexibility index (Phi) is 2.94. The van der Waals surface area contributed by atoms with Crippen LogP contribution in [0.4, 0.5) is 11.4 Å². The van der Waals surface area contributed by atoms with Gasteiger partial charge in [0.05, 0.1) is 4.91 Å². The van der Waals surface area contributed by atoms with E-state index in [2.05, 4.69) is 5.43 Å². The molecule has 0 bridgehead atoms. The van der Waals surface area contributed by atoms with Gasteiger partial charge >= 0.3 is 0 Å². The van der Waals surface area contributed by atoms with Gasteiger partial charge in [-0.25, -0.2) is 0 Å². The third kappa shape index (κ3) is 2.45. The van der Waals surface area contributed by atoms with E-state index >= 15 is 0 Å². The number of benzene rings is 3. The van der Waals surface area contributed by atoms with Crippen LogP contribution in [0.1, 0.15) is 0 Å². The zero-order chi connectivity index (χ0) is 13.1. The van der Waals surface area contributed by atoms with Gasteiger partial charge < -0.3 is 0 Å². The predicted molar refractivity (Wildman–Crippen MR) is 77.3 cm³/mol. The van der Waals surface area contributed by atoms with Gasteiger partial charge in [0.1, 0.15) is 5.69 Å². The molecule has 0 fully saturated rings. The number of para-hydroxylation sites is 1. The molecule has 3 heteroatoms. The molecule has 1 N–H and O–H groups in total. The summed E-state index contributed by atoms with van der Waals surface area (Å²) in [6.45, 7) is 0. The zero-order valence-electron chi connectivity index (χ0n) is 10.3. The Morgan fingerprint density at radius 3 is 2.21 bits per heavy atom. The largest absolute Gasteiger partial charge is 0.292 e. The minimum Gasteiger partial charge on any atom is -0.114 e. The molecule has 0 atom stereocenters. The molecule has 3 nitrogen and oxygen atoms in total. The number of nitrogens with one attached hydrogen (secondary N) is 1. The van der Waals surface area contributed by atoms with Crippen molar-refractivity contribution in [2.75, 3.05) is 5.43 Å². The third-order valence-corrected chi connectivity index (χ3v) is 2.97. The van der Waals surface area contributed by atoms with Crippen LogP contribution in [0.25, 0.3) is 10.8 Å². The van der Waals surface area contributed by atoms with Crippen LogP contribution in [0.5, 0.6) is 0 Å². The number of anilines is 1. The first-order valence-electron chi connectivity index (χ1n) is 6.11. The summed E-state index contributed by atoms with van der Waals surface area (Å²) >= 11 is 0. The number of nitroso groups, excluding NO2 is 1. The minimum atomic E-state index is 0.586. The lowest BCUT2D eigenvalue weighted by molar-refractivity contribution is -0.427. The SMILES string of the molecule is O=[N+](Nc1ccccc1)c1ccc2ccccc2c1. The highest BCUT2D eigenvalue weighted by Crippen LogP contribution is 2.21. The summed E-state index contributed by atoms with van der Waals surface area (Å²) in [7, 11) is 0. The van der Waals surface area contributed by atoms with Gasteiger partial charge in [0.2, 0.25) is 0 Å². The molecule has 0 saturated carbocycles. The van der Waals surface area contributed by atoms with Crippen molar-refractivity contribution >= 4 is 22.1 Å². The summed E-state index contributed by atoms with van der Waals surface area (Å²) in [5.41, 5.74) is 4.16. The van der Waals surface area contributed by atoms with Crippen molar-refractivity contribution in [3.63, 3.8) is 0 Å². The highest BCUT2D eigenvalue weighted by atomic mass is 16.3. The molecule has 19 heavy (non-hydrogen) atoms. The van der Waals surface area contributed by atoms with Crippen LogP contribution >= 0.6 is 0 Å². The molecule has 0 unspecified atom stereocenters. The summed E-state index contributed by atoms with van der Waals surface area (Å²) in [6, 6.07) is 23.0. The van der Waals surface area contributed by atoms with Gasteiger partial charge in [0.15, 0.2) is 4.87 Å². The van der Waals surface area contributed by atoms with Gasteiger partial charge in [0.25, 0.3) is 5.69 Å². The third-order valence-electron chi connectivity index (χ3n) is 2.97. The van der Waals surface area contributed by atoms with E-state index in [0.717, 1.165) is 21.3 Å². The number of hydrogen-bond donors (Lipinski definition) is 1. The zero-order valence-corrected chi connectivity index (χ0v) is 10.3. The minimum absolute atomic E-state index is 0.586. The maximum Gasteiger partial charge on any atom is 0.292 e. The quantitative estimate of drug-likeness (QED) is 0.555. The molecule has 0 saturated heterocycles. The molecule has 3 aromatic rings. The van der Waals surface area contributed by atoms with Gasteiger partial charge in [-0.2, -0.15) is 0 Å². The Morgan fingerprint density at radius 1 is 0.737 bits per heavy atom. The molecular weight excluding hydrogens is 236 g/mol. The summed E-state index contributed by atoms with van der Waals surface area (Å²) < 4.78 is 0. The number of fused-ring (bicyclic) bond motifs is 1. The van der Waals surface area contributed by atoms with Gasteiger partial charge in [-0.1, -0.05) is 42.5 Å². The van der Waals surface area contributed by atoms with E-state index in [0.29, 0.717) is 5.69 Å². The Balaban J connectivity index is 1.89. The van der Waals surface area contributed by atoms with Crippen LogP contribution in [0, 0.1) is 4.91 Å². The molecule has 3 rings (SSSR count). The first-order valence-corrected chi connectivity index (χ1v) is 6.11. The molecule has 3 aromatic carbocycles. The van der Waals surface area contributed by atoms with Crippen LogP contribution in [0.3, 0.4) is 0 Å². The second kappa shape index (κ2) is 4.90. The van der Waals surface area contributed by atoms with Gasteiger partial charge in [-0.3, -0.25) is 0 Å². The highest BCUT2D eigenvalue weighted by Gasteiger charge is 2.14. The first kappa shape index (κ1) is 11.4. The second-order valence-corrected chi connectivity index (χ2v) is 4.30. The molecule has 0 aromatic heterocycles. The lowest BCUT2D eigenvalue weighted by Crippen LogP contribution is -2.09. The van der Waals surface area contributed by atoms with Gasteiger partial charge in [0, 0.05) is 12.1 Å². The fourth-order valence-corrected chi connectivity index (χ4v) is 2.00. The topological polar surface area (TPSA) is 32.1 Å². The van der Waals surface area contributed by atoms with Gasteiger partial charge in [-0.05, 0) is 29.0 Å². The standard InChI is InChI=1S/C16H13N2O/c19-18(17-15-8-2-1-3-9-15)16-11-10-13-6-4-5-7-14(13)12-16/h1-12H,(H,17,19)/q+1. The molecule has 92 valence electrons. The Hall–Kier alpha value is -2.68. The summed E-state index contributed by atoms with van der Waals surface area (Å²) in [4.78, 5) is 12.8. The van der Waals surface area contributed by atoms with E-state index in [1.165, 1.54) is 0 Å². The van der Waals surface area contributed by atoms with Crippen molar-refractivity contribution in [1.29, 1.82) is 0 Å². The Labute approximate surface area is 111 Å². The van der Waals surface area contributed by atoms with Crippen molar-refractivity contribution in [3.05, 3.63) is 77.7 Å². The van der Waals surface area contributed by atoms with Crippen molar-refractivity contribution in [1.82, 2.24) is 0 Å². The normalized spacial score (nSPS) is 10.3.